The lowest BCUT2D eigenvalue weighted by atomic mass is 10.1. The van der Waals surface area contributed by atoms with Gasteiger partial charge in [-0.3, -0.25) is 4.57 Å². The fraction of sp³-hybridized carbons (Fsp3) is 0.562. The number of nitrogens with two attached hydrogens (primary N) is 1. The first-order valence-corrected chi connectivity index (χ1v) is 10.3. The summed E-state index contributed by atoms with van der Waals surface area (Å²) in [5.74, 6) is 0.351. The summed E-state index contributed by atoms with van der Waals surface area (Å²) in [6, 6.07) is -0.00197. The van der Waals surface area contributed by atoms with Gasteiger partial charge >= 0.3 is 7.60 Å². The van der Waals surface area contributed by atoms with Gasteiger partial charge in [-0.25, -0.2) is 15.0 Å². The Bertz CT molecular complexity index is 844. The minimum atomic E-state index is -3.25. The molecule has 1 aliphatic rings. The maximum absolute atomic E-state index is 12.6. The molecule has 0 unspecified atom stereocenters. The zero-order valence-electron chi connectivity index (χ0n) is 15.2. The standard InChI is InChI=1S/C16H24N5O4P/c1-4-24-26(22,25-5-2)11-23-16(3)7-6-12(8-16)21-10-20-13-14(17)18-9-19-15(13)21/h6-7,9-10,12H,4-5,8,11H2,1-3H3,(H2,17,18,19)/t12-,16+/m0/s1. The second-order valence-electron chi connectivity index (χ2n) is 6.25. The van der Waals surface area contributed by atoms with Gasteiger partial charge in [-0.15, -0.1) is 0 Å². The number of allylic oxidation sites excluding steroid dienone is 1. The maximum atomic E-state index is 12.6. The lowest BCUT2D eigenvalue weighted by Crippen LogP contribution is -2.26. The van der Waals surface area contributed by atoms with Crippen LogP contribution in [0.1, 0.15) is 33.2 Å². The van der Waals surface area contributed by atoms with Gasteiger partial charge in [0.05, 0.1) is 31.2 Å². The summed E-state index contributed by atoms with van der Waals surface area (Å²) in [4.78, 5) is 12.5. The molecule has 26 heavy (non-hydrogen) atoms. The third kappa shape index (κ3) is 3.81. The van der Waals surface area contributed by atoms with Gasteiger partial charge in [0.1, 0.15) is 18.2 Å². The van der Waals surface area contributed by atoms with Gasteiger partial charge in [0, 0.05) is 6.42 Å². The number of nitrogens with zero attached hydrogens (tertiary/aromatic N) is 4. The SMILES string of the molecule is CCOP(=O)(CO[C@]1(C)C=C[C@H](n2cnc3c(N)ncnc32)C1)OCC. The van der Waals surface area contributed by atoms with Crippen molar-refractivity contribution in [1.29, 1.82) is 0 Å². The van der Waals surface area contributed by atoms with Crippen molar-refractivity contribution in [3.8, 4) is 0 Å². The monoisotopic (exact) mass is 381 g/mol. The minimum absolute atomic E-state index is 0.00197. The predicted octanol–water partition coefficient (Wildman–Crippen LogP) is 2.91. The van der Waals surface area contributed by atoms with E-state index in [1.165, 1.54) is 6.33 Å². The topological polar surface area (TPSA) is 114 Å². The summed E-state index contributed by atoms with van der Waals surface area (Å²) in [5.41, 5.74) is 6.50. The molecule has 0 aliphatic heterocycles. The van der Waals surface area contributed by atoms with Crippen LogP contribution in [0.15, 0.2) is 24.8 Å². The van der Waals surface area contributed by atoms with Crippen molar-refractivity contribution in [2.45, 2.75) is 38.8 Å². The molecule has 9 nitrogen and oxygen atoms in total. The van der Waals surface area contributed by atoms with E-state index in [9.17, 15) is 4.57 Å². The van der Waals surface area contributed by atoms with E-state index in [2.05, 4.69) is 15.0 Å². The van der Waals surface area contributed by atoms with Crippen LogP contribution in [0.5, 0.6) is 0 Å². The van der Waals surface area contributed by atoms with Crippen LogP contribution < -0.4 is 5.73 Å². The number of imidazole rings is 1. The molecule has 2 atom stereocenters. The molecule has 2 N–H and O–H groups in total. The Labute approximate surface area is 152 Å². The highest BCUT2D eigenvalue weighted by molar-refractivity contribution is 7.53. The minimum Gasteiger partial charge on any atom is -0.382 e. The van der Waals surface area contributed by atoms with Crippen LogP contribution >= 0.6 is 7.60 Å². The van der Waals surface area contributed by atoms with E-state index in [-0.39, 0.29) is 12.4 Å². The molecule has 0 bridgehead atoms. The van der Waals surface area contributed by atoms with Crippen molar-refractivity contribution in [2.75, 3.05) is 25.3 Å². The number of nitrogen functional groups attached to an aromatic ring is 1. The highest BCUT2D eigenvalue weighted by Crippen LogP contribution is 2.49. The van der Waals surface area contributed by atoms with Crippen molar-refractivity contribution in [3.05, 3.63) is 24.8 Å². The average molecular weight is 381 g/mol. The largest absolute Gasteiger partial charge is 0.382 e. The van der Waals surface area contributed by atoms with Crippen LogP contribution in [-0.2, 0) is 18.3 Å². The van der Waals surface area contributed by atoms with Gasteiger partial charge in [0.15, 0.2) is 11.5 Å². The average Bonchev–Trinajstić information content (AvgIpc) is 3.19. The Morgan fingerprint density at radius 2 is 2.04 bits per heavy atom. The van der Waals surface area contributed by atoms with E-state index in [0.29, 0.717) is 36.6 Å². The third-order valence-electron chi connectivity index (χ3n) is 4.23. The summed E-state index contributed by atoms with van der Waals surface area (Å²) >= 11 is 0. The first-order valence-electron chi connectivity index (χ1n) is 8.54. The smallest absolute Gasteiger partial charge is 0.356 e. The molecule has 1 aliphatic carbocycles. The molecule has 0 saturated heterocycles. The fourth-order valence-electron chi connectivity index (χ4n) is 3.01. The number of hydrogen-bond acceptors (Lipinski definition) is 8. The molecule has 2 aromatic heterocycles. The van der Waals surface area contributed by atoms with Crippen molar-refractivity contribution in [1.82, 2.24) is 19.5 Å². The first-order chi connectivity index (χ1) is 12.4. The number of fused-ring (bicyclic) bond motifs is 1. The van der Waals surface area contributed by atoms with E-state index in [1.807, 2.05) is 23.6 Å². The van der Waals surface area contributed by atoms with Crippen molar-refractivity contribution < 1.29 is 18.3 Å². The van der Waals surface area contributed by atoms with Crippen LogP contribution in [0.4, 0.5) is 5.82 Å². The summed E-state index contributed by atoms with van der Waals surface area (Å²) in [7, 11) is -3.25. The van der Waals surface area contributed by atoms with Gasteiger partial charge in [-0.1, -0.05) is 12.2 Å². The van der Waals surface area contributed by atoms with Gasteiger partial charge in [0.25, 0.3) is 0 Å². The van der Waals surface area contributed by atoms with Crippen LogP contribution in [-0.4, -0.2) is 44.7 Å². The Balaban J connectivity index is 1.72. The highest BCUT2D eigenvalue weighted by atomic mass is 31.2. The van der Waals surface area contributed by atoms with Crippen LogP contribution in [0.2, 0.25) is 0 Å². The van der Waals surface area contributed by atoms with E-state index in [0.717, 1.165) is 0 Å². The number of rotatable bonds is 8. The molecule has 2 heterocycles. The summed E-state index contributed by atoms with van der Waals surface area (Å²) in [6.07, 6.45) is 7.64. The molecule has 10 heteroatoms. The predicted molar refractivity (Wildman–Crippen MR) is 97.7 cm³/mol. The Kier molecular flexibility index (Phi) is 5.43. The molecule has 0 aromatic carbocycles. The van der Waals surface area contributed by atoms with Gasteiger partial charge < -0.3 is 24.1 Å². The molecule has 2 aromatic rings. The lowest BCUT2D eigenvalue weighted by molar-refractivity contribution is 0.0155. The highest BCUT2D eigenvalue weighted by Gasteiger charge is 2.36. The summed E-state index contributed by atoms with van der Waals surface area (Å²) < 4.78 is 31.0. The van der Waals surface area contributed by atoms with E-state index in [1.54, 1.807) is 20.2 Å². The van der Waals surface area contributed by atoms with Gasteiger partial charge in [-0.05, 0) is 20.8 Å². The van der Waals surface area contributed by atoms with E-state index < -0.39 is 13.2 Å². The molecule has 0 fully saturated rings. The number of hydrogen-bond donors (Lipinski definition) is 1. The van der Waals surface area contributed by atoms with Crippen molar-refractivity contribution in [3.63, 3.8) is 0 Å². The molecule has 0 saturated carbocycles. The zero-order valence-corrected chi connectivity index (χ0v) is 16.1. The molecule has 0 spiro atoms. The Hall–Kier alpha value is -1.80. The van der Waals surface area contributed by atoms with E-state index in [4.69, 9.17) is 19.5 Å². The molecule has 0 radical (unpaired) electrons. The summed E-state index contributed by atoms with van der Waals surface area (Å²) in [5, 5.41) is 0. The van der Waals surface area contributed by atoms with Crippen LogP contribution in [0.25, 0.3) is 11.2 Å². The molecular formula is C16H24N5O4P. The van der Waals surface area contributed by atoms with E-state index >= 15 is 0 Å². The molecule has 0 amide bonds. The Morgan fingerprint density at radius 3 is 2.73 bits per heavy atom. The normalized spacial score (nSPS) is 23.1. The number of anilines is 1. The van der Waals surface area contributed by atoms with Crippen molar-refractivity contribution in [2.24, 2.45) is 0 Å². The quantitative estimate of drug-likeness (QED) is 0.548. The Morgan fingerprint density at radius 1 is 1.31 bits per heavy atom. The second-order valence-corrected chi connectivity index (χ2v) is 8.24. The molecule has 3 rings (SSSR count). The third-order valence-corrected chi connectivity index (χ3v) is 5.98. The van der Waals surface area contributed by atoms with Crippen LogP contribution in [0.3, 0.4) is 0 Å². The van der Waals surface area contributed by atoms with Crippen molar-refractivity contribution >= 4 is 24.6 Å². The molecule has 142 valence electrons. The fourth-order valence-corrected chi connectivity index (χ4v) is 4.47. The van der Waals surface area contributed by atoms with Gasteiger partial charge in [0.2, 0.25) is 0 Å². The molecular weight excluding hydrogens is 357 g/mol. The zero-order chi connectivity index (χ0) is 18.8. The second kappa shape index (κ2) is 7.44. The number of ether oxygens (including phenoxy) is 1. The maximum Gasteiger partial charge on any atom is 0.356 e. The number of aromatic nitrogens is 4. The lowest BCUT2D eigenvalue weighted by Gasteiger charge is -2.27. The van der Waals surface area contributed by atoms with Gasteiger partial charge in [-0.2, -0.15) is 0 Å². The summed E-state index contributed by atoms with van der Waals surface area (Å²) in [6.45, 7) is 6.09. The van der Waals surface area contributed by atoms with Crippen LogP contribution in [0, 0.1) is 0 Å². The first kappa shape index (κ1) is 19.0.